The van der Waals surface area contributed by atoms with Crippen molar-refractivity contribution in [3.8, 4) is 0 Å². The summed E-state index contributed by atoms with van der Waals surface area (Å²) in [5, 5.41) is 10.0. The lowest BCUT2D eigenvalue weighted by Gasteiger charge is -2.18. The molecule has 1 fully saturated rings. The maximum Gasteiger partial charge on any atom is 0.0608 e. The molecule has 0 saturated heterocycles. The highest BCUT2D eigenvalue weighted by Gasteiger charge is 2.32. The third-order valence-corrected chi connectivity index (χ3v) is 3.86. The molecule has 0 bridgehead atoms. The minimum Gasteiger partial charge on any atom is -0.392 e. The first kappa shape index (κ1) is 11.2. The number of aliphatic hydroxyl groups excluding tert-OH is 1. The largest absolute Gasteiger partial charge is 0.392 e. The van der Waals surface area contributed by atoms with Gasteiger partial charge in [0.05, 0.1) is 6.10 Å². The minimum absolute atomic E-state index is 0.182. The van der Waals surface area contributed by atoms with E-state index in [0.29, 0.717) is 5.92 Å². The van der Waals surface area contributed by atoms with Crippen LogP contribution in [0.2, 0.25) is 0 Å². The van der Waals surface area contributed by atoms with Crippen molar-refractivity contribution >= 4 is 15.9 Å². The van der Waals surface area contributed by atoms with E-state index in [9.17, 15) is 5.11 Å². The maximum absolute atomic E-state index is 10.0. The van der Waals surface area contributed by atoms with Crippen LogP contribution in [0.5, 0.6) is 0 Å². The molecule has 2 heteroatoms. The van der Waals surface area contributed by atoms with Gasteiger partial charge in [-0.25, -0.2) is 0 Å². The summed E-state index contributed by atoms with van der Waals surface area (Å²) in [6.45, 7) is 2.17. The van der Waals surface area contributed by atoms with Crippen molar-refractivity contribution < 1.29 is 5.11 Å². The first-order valence-electron chi connectivity index (χ1n) is 5.59. The van der Waals surface area contributed by atoms with Gasteiger partial charge in [0.15, 0.2) is 0 Å². The summed E-state index contributed by atoms with van der Waals surface area (Å²) in [6.07, 6.45) is 3.21. The lowest BCUT2D eigenvalue weighted by Crippen LogP contribution is -2.21. The van der Waals surface area contributed by atoms with E-state index in [1.807, 2.05) is 12.1 Å². The summed E-state index contributed by atoms with van der Waals surface area (Å²) < 4.78 is 1.09. The number of halogens is 1. The standard InChI is InChI=1S/C13H17BrO/c1-9(11-4-5-11)13(15)8-10-2-6-12(14)7-3-10/h2-3,6-7,9,11,13,15H,4-5,8H2,1H3. The van der Waals surface area contributed by atoms with Crippen molar-refractivity contribution in [2.24, 2.45) is 11.8 Å². The van der Waals surface area contributed by atoms with E-state index in [1.54, 1.807) is 0 Å². The molecule has 2 unspecified atom stereocenters. The number of benzene rings is 1. The molecule has 1 saturated carbocycles. The summed E-state index contributed by atoms with van der Waals surface area (Å²) in [7, 11) is 0. The Morgan fingerprint density at radius 3 is 2.47 bits per heavy atom. The van der Waals surface area contributed by atoms with Crippen LogP contribution in [0, 0.1) is 11.8 Å². The second-order valence-electron chi connectivity index (χ2n) is 4.59. The van der Waals surface area contributed by atoms with Gasteiger partial charge >= 0.3 is 0 Å². The predicted molar refractivity (Wildman–Crippen MR) is 65.7 cm³/mol. The van der Waals surface area contributed by atoms with Crippen LogP contribution in [-0.4, -0.2) is 11.2 Å². The van der Waals surface area contributed by atoms with Gasteiger partial charge in [-0.3, -0.25) is 0 Å². The monoisotopic (exact) mass is 268 g/mol. The summed E-state index contributed by atoms with van der Waals surface area (Å²) in [6, 6.07) is 8.22. The van der Waals surface area contributed by atoms with Gasteiger partial charge in [-0.05, 0) is 48.8 Å². The van der Waals surface area contributed by atoms with E-state index < -0.39 is 0 Å². The molecule has 1 nitrogen and oxygen atoms in total. The van der Waals surface area contributed by atoms with Gasteiger partial charge in [0.2, 0.25) is 0 Å². The van der Waals surface area contributed by atoms with Gasteiger partial charge in [-0.2, -0.15) is 0 Å². The van der Waals surface area contributed by atoms with E-state index >= 15 is 0 Å². The Kier molecular flexibility index (Phi) is 3.47. The highest BCUT2D eigenvalue weighted by Crippen LogP contribution is 2.38. The SMILES string of the molecule is CC(C(O)Cc1ccc(Br)cc1)C1CC1. The average Bonchev–Trinajstić information content (AvgIpc) is 3.04. The predicted octanol–water partition coefficient (Wildman–Crippen LogP) is 3.40. The minimum atomic E-state index is -0.182. The van der Waals surface area contributed by atoms with Crippen LogP contribution in [0.1, 0.15) is 25.3 Å². The van der Waals surface area contributed by atoms with Crippen molar-refractivity contribution in [1.29, 1.82) is 0 Å². The summed E-state index contributed by atoms with van der Waals surface area (Å²) in [5.41, 5.74) is 1.22. The van der Waals surface area contributed by atoms with Crippen LogP contribution in [0.25, 0.3) is 0 Å². The highest BCUT2D eigenvalue weighted by molar-refractivity contribution is 9.10. The Bertz CT molecular complexity index is 316. The van der Waals surface area contributed by atoms with Gasteiger partial charge < -0.3 is 5.11 Å². The van der Waals surface area contributed by atoms with Crippen molar-refractivity contribution in [3.63, 3.8) is 0 Å². The van der Waals surface area contributed by atoms with Gasteiger partial charge in [0.25, 0.3) is 0 Å². The third kappa shape index (κ3) is 3.05. The van der Waals surface area contributed by atoms with Gasteiger partial charge in [-0.15, -0.1) is 0 Å². The molecule has 1 aromatic carbocycles. The van der Waals surface area contributed by atoms with Crippen LogP contribution in [-0.2, 0) is 6.42 Å². The molecule has 0 radical (unpaired) electrons. The maximum atomic E-state index is 10.0. The fourth-order valence-electron chi connectivity index (χ4n) is 1.98. The molecular weight excluding hydrogens is 252 g/mol. The molecule has 0 spiro atoms. The van der Waals surface area contributed by atoms with E-state index in [1.165, 1.54) is 18.4 Å². The Hall–Kier alpha value is -0.340. The Morgan fingerprint density at radius 2 is 1.93 bits per heavy atom. The Labute approximate surface area is 99.6 Å². The van der Waals surface area contributed by atoms with Gasteiger partial charge in [0, 0.05) is 4.47 Å². The quantitative estimate of drug-likeness (QED) is 0.888. The number of rotatable bonds is 4. The fourth-order valence-corrected chi connectivity index (χ4v) is 2.25. The lowest BCUT2D eigenvalue weighted by molar-refractivity contribution is 0.105. The molecule has 0 aliphatic heterocycles. The van der Waals surface area contributed by atoms with Gasteiger partial charge in [0.1, 0.15) is 0 Å². The zero-order valence-corrected chi connectivity index (χ0v) is 10.6. The zero-order valence-electron chi connectivity index (χ0n) is 8.99. The number of hydrogen-bond acceptors (Lipinski definition) is 1. The van der Waals surface area contributed by atoms with Crippen LogP contribution in [0.3, 0.4) is 0 Å². The molecule has 2 atom stereocenters. The molecule has 0 aromatic heterocycles. The molecule has 0 amide bonds. The van der Waals surface area contributed by atoms with Crippen molar-refractivity contribution in [2.45, 2.75) is 32.3 Å². The molecule has 1 aliphatic rings. The molecule has 1 aromatic rings. The van der Waals surface area contributed by atoms with Crippen LogP contribution in [0.4, 0.5) is 0 Å². The second-order valence-corrected chi connectivity index (χ2v) is 5.51. The Balaban J connectivity index is 1.92. The normalized spacial score (nSPS) is 19.9. The molecule has 2 rings (SSSR count). The zero-order chi connectivity index (χ0) is 10.8. The lowest BCUT2D eigenvalue weighted by atomic mass is 9.94. The van der Waals surface area contributed by atoms with Crippen molar-refractivity contribution in [2.75, 3.05) is 0 Å². The van der Waals surface area contributed by atoms with Gasteiger partial charge in [-0.1, -0.05) is 35.0 Å². The molecular formula is C13H17BrO. The fraction of sp³-hybridized carbons (Fsp3) is 0.538. The molecule has 1 aliphatic carbocycles. The van der Waals surface area contributed by atoms with E-state index in [4.69, 9.17) is 0 Å². The van der Waals surface area contributed by atoms with Crippen LogP contribution < -0.4 is 0 Å². The summed E-state index contributed by atoms with van der Waals surface area (Å²) in [4.78, 5) is 0. The third-order valence-electron chi connectivity index (χ3n) is 3.33. The van der Waals surface area contributed by atoms with Crippen LogP contribution in [0.15, 0.2) is 28.7 Å². The van der Waals surface area contributed by atoms with E-state index in [0.717, 1.165) is 16.8 Å². The Morgan fingerprint density at radius 1 is 1.33 bits per heavy atom. The molecule has 0 heterocycles. The summed E-state index contributed by atoms with van der Waals surface area (Å²) >= 11 is 3.41. The van der Waals surface area contributed by atoms with E-state index in [-0.39, 0.29) is 6.10 Å². The second kappa shape index (κ2) is 4.67. The van der Waals surface area contributed by atoms with E-state index in [2.05, 4.69) is 35.0 Å². The molecule has 82 valence electrons. The highest BCUT2D eigenvalue weighted by atomic mass is 79.9. The number of aliphatic hydroxyl groups is 1. The summed E-state index contributed by atoms with van der Waals surface area (Å²) in [5.74, 6) is 1.23. The average molecular weight is 269 g/mol. The molecule has 15 heavy (non-hydrogen) atoms. The smallest absolute Gasteiger partial charge is 0.0608 e. The number of hydrogen-bond donors (Lipinski definition) is 1. The van der Waals surface area contributed by atoms with Crippen molar-refractivity contribution in [1.82, 2.24) is 0 Å². The first-order valence-corrected chi connectivity index (χ1v) is 6.38. The topological polar surface area (TPSA) is 20.2 Å². The molecule has 1 N–H and O–H groups in total. The van der Waals surface area contributed by atoms with Crippen molar-refractivity contribution in [3.05, 3.63) is 34.3 Å². The van der Waals surface area contributed by atoms with Crippen LogP contribution >= 0.6 is 15.9 Å². The first-order chi connectivity index (χ1) is 7.16.